The molecule has 3 heteroatoms. The molecule has 88 valence electrons. The number of hydrogen-bond donors (Lipinski definition) is 1. The third-order valence-corrected chi connectivity index (χ3v) is 3.43. The molecule has 2 N–H and O–H groups in total. The van der Waals surface area contributed by atoms with Gasteiger partial charge in [-0.2, -0.15) is 0 Å². The minimum Gasteiger partial charge on any atom is -0.493 e. The molecule has 0 spiro atoms. The fraction of sp³-hybridized carbons (Fsp3) is 0.538. The molecule has 0 amide bonds. The summed E-state index contributed by atoms with van der Waals surface area (Å²) in [7, 11) is 0. The molecule has 1 aliphatic carbocycles. The van der Waals surface area contributed by atoms with Crippen LogP contribution in [0, 0.1) is 5.92 Å². The molecule has 0 bridgehead atoms. The van der Waals surface area contributed by atoms with Crippen LogP contribution in [0.1, 0.15) is 31.2 Å². The average molecular weight is 240 g/mol. The molecular formula is C13H18ClNO. The van der Waals surface area contributed by atoms with E-state index in [1.807, 2.05) is 18.2 Å². The summed E-state index contributed by atoms with van der Waals surface area (Å²) < 4.78 is 5.83. The van der Waals surface area contributed by atoms with Gasteiger partial charge in [0.25, 0.3) is 0 Å². The van der Waals surface area contributed by atoms with Crippen LogP contribution in [0.3, 0.4) is 0 Å². The predicted molar refractivity (Wildman–Crippen MR) is 66.8 cm³/mol. The number of halogens is 1. The first-order valence-electron chi connectivity index (χ1n) is 5.91. The molecule has 2 rings (SSSR count). The molecule has 1 aromatic rings. The Kier molecular flexibility index (Phi) is 4.08. The summed E-state index contributed by atoms with van der Waals surface area (Å²) in [5.74, 6) is 1.56. The third-order valence-electron chi connectivity index (χ3n) is 3.20. The van der Waals surface area contributed by atoms with Gasteiger partial charge in [0.15, 0.2) is 0 Å². The number of ether oxygens (including phenoxy) is 1. The summed E-state index contributed by atoms with van der Waals surface area (Å²) in [5.41, 5.74) is 6.69. The standard InChI is InChI=1S/C13H18ClNO/c14-12-6-5-11(8-15)13(7-12)16-9-10-3-1-2-4-10/h5-7,10H,1-4,8-9,15H2. The summed E-state index contributed by atoms with van der Waals surface area (Å²) >= 11 is 5.95. The Labute approximate surface area is 102 Å². The van der Waals surface area contributed by atoms with Gasteiger partial charge in [0, 0.05) is 17.1 Å². The normalized spacial score (nSPS) is 16.6. The average Bonchev–Trinajstić information content (AvgIpc) is 2.79. The van der Waals surface area contributed by atoms with E-state index < -0.39 is 0 Å². The van der Waals surface area contributed by atoms with Crippen molar-refractivity contribution in [3.8, 4) is 5.75 Å². The molecule has 16 heavy (non-hydrogen) atoms. The van der Waals surface area contributed by atoms with E-state index in [4.69, 9.17) is 22.1 Å². The Bertz CT molecular complexity index is 348. The summed E-state index contributed by atoms with van der Waals surface area (Å²) in [5, 5.41) is 0.707. The first kappa shape index (κ1) is 11.7. The highest BCUT2D eigenvalue weighted by Crippen LogP contribution is 2.28. The van der Waals surface area contributed by atoms with E-state index >= 15 is 0 Å². The summed E-state index contributed by atoms with van der Waals surface area (Å²) in [6, 6.07) is 5.65. The van der Waals surface area contributed by atoms with Gasteiger partial charge in [0.2, 0.25) is 0 Å². The van der Waals surface area contributed by atoms with E-state index in [1.54, 1.807) is 0 Å². The number of rotatable bonds is 4. The Hall–Kier alpha value is -0.730. The van der Waals surface area contributed by atoms with Gasteiger partial charge in [-0.15, -0.1) is 0 Å². The van der Waals surface area contributed by atoms with Crippen molar-refractivity contribution in [2.75, 3.05) is 6.61 Å². The Balaban J connectivity index is 1.98. The lowest BCUT2D eigenvalue weighted by molar-refractivity contribution is 0.250. The quantitative estimate of drug-likeness (QED) is 0.875. The van der Waals surface area contributed by atoms with E-state index in [0.29, 0.717) is 17.5 Å². The molecule has 1 saturated carbocycles. The molecule has 1 aromatic carbocycles. The number of nitrogens with two attached hydrogens (primary N) is 1. The van der Waals surface area contributed by atoms with Crippen molar-refractivity contribution in [2.24, 2.45) is 11.7 Å². The lowest BCUT2D eigenvalue weighted by atomic mass is 10.1. The van der Waals surface area contributed by atoms with Gasteiger partial charge in [-0.25, -0.2) is 0 Å². The van der Waals surface area contributed by atoms with Crippen molar-refractivity contribution in [3.63, 3.8) is 0 Å². The molecule has 2 nitrogen and oxygen atoms in total. The molecule has 1 fully saturated rings. The maximum Gasteiger partial charge on any atom is 0.125 e. The minimum atomic E-state index is 0.497. The molecule has 0 unspecified atom stereocenters. The van der Waals surface area contributed by atoms with Crippen LogP contribution in [0.4, 0.5) is 0 Å². The van der Waals surface area contributed by atoms with Gasteiger partial charge in [-0.3, -0.25) is 0 Å². The highest BCUT2D eigenvalue weighted by molar-refractivity contribution is 6.30. The van der Waals surface area contributed by atoms with Crippen molar-refractivity contribution in [2.45, 2.75) is 32.2 Å². The second kappa shape index (κ2) is 5.55. The van der Waals surface area contributed by atoms with Crippen LogP contribution < -0.4 is 10.5 Å². The zero-order chi connectivity index (χ0) is 11.4. The zero-order valence-corrected chi connectivity index (χ0v) is 10.2. The molecule has 0 saturated heterocycles. The van der Waals surface area contributed by atoms with Crippen LogP contribution >= 0.6 is 11.6 Å². The lowest BCUT2D eigenvalue weighted by Gasteiger charge is -2.14. The van der Waals surface area contributed by atoms with Gasteiger partial charge in [-0.1, -0.05) is 30.5 Å². The monoisotopic (exact) mass is 239 g/mol. The molecule has 0 aromatic heterocycles. The fourth-order valence-corrected chi connectivity index (χ4v) is 2.38. The van der Waals surface area contributed by atoms with Gasteiger partial charge in [0.05, 0.1) is 6.61 Å². The van der Waals surface area contributed by atoms with Crippen molar-refractivity contribution in [3.05, 3.63) is 28.8 Å². The van der Waals surface area contributed by atoms with Gasteiger partial charge < -0.3 is 10.5 Å². The number of hydrogen-bond acceptors (Lipinski definition) is 2. The van der Waals surface area contributed by atoms with E-state index in [0.717, 1.165) is 17.9 Å². The van der Waals surface area contributed by atoms with Gasteiger partial charge in [-0.05, 0) is 30.9 Å². The smallest absolute Gasteiger partial charge is 0.125 e. The molecule has 0 radical (unpaired) electrons. The third kappa shape index (κ3) is 2.89. The summed E-state index contributed by atoms with van der Waals surface area (Å²) in [4.78, 5) is 0. The van der Waals surface area contributed by atoms with Crippen LogP contribution in [0.25, 0.3) is 0 Å². The second-order valence-corrected chi connectivity index (χ2v) is 4.85. The molecular weight excluding hydrogens is 222 g/mol. The SMILES string of the molecule is NCc1ccc(Cl)cc1OCC1CCCC1. The van der Waals surface area contributed by atoms with Crippen molar-refractivity contribution in [1.82, 2.24) is 0 Å². The zero-order valence-electron chi connectivity index (χ0n) is 9.42. The Morgan fingerprint density at radius 3 is 2.75 bits per heavy atom. The first-order chi connectivity index (χ1) is 7.79. The van der Waals surface area contributed by atoms with Crippen LogP contribution in [0.5, 0.6) is 5.75 Å². The summed E-state index contributed by atoms with van der Waals surface area (Å²) in [6.07, 6.45) is 5.26. The fourth-order valence-electron chi connectivity index (χ4n) is 2.22. The van der Waals surface area contributed by atoms with Crippen LogP contribution in [-0.2, 0) is 6.54 Å². The van der Waals surface area contributed by atoms with Crippen molar-refractivity contribution < 1.29 is 4.74 Å². The predicted octanol–water partition coefficient (Wildman–Crippen LogP) is 3.37. The lowest BCUT2D eigenvalue weighted by Crippen LogP contribution is -2.10. The van der Waals surface area contributed by atoms with E-state index in [2.05, 4.69) is 0 Å². The van der Waals surface area contributed by atoms with Gasteiger partial charge in [0.1, 0.15) is 5.75 Å². The Morgan fingerprint density at radius 1 is 1.31 bits per heavy atom. The highest BCUT2D eigenvalue weighted by atomic mass is 35.5. The second-order valence-electron chi connectivity index (χ2n) is 4.42. The van der Waals surface area contributed by atoms with E-state index in [1.165, 1.54) is 25.7 Å². The number of benzene rings is 1. The molecule has 0 heterocycles. The van der Waals surface area contributed by atoms with Crippen molar-refractivity contribution >= 4 is 11.6 Å². The van der Waals surface area contributed by atoms with Crippen LogP contribution in [0.2, 0.25) is 5.02 Å². The first-order valence-corrected chi connectivity index (χ1v) is 6.28. The molecule has 0 aliphatic heterocycles. The van der Waals surface area contributed by atoms with Crippen LogP contribution in [0.15, 0.2) is 18.2 Å². The minimum absolute atomic E-state index is 0.497. The highest BCUT2D eigenvalue weighted by Gasteiger charge is 2.16. The Morgan fingerprint density at radius 2 is 2.06 bits per heavy atom. The molecule has 1 aliphatic rings. The van der Waals surface area contributed by atoms with E-state index in [9.17, 15) is 0 Å². The van der Waals surface area contributed by atoms with Crippen LogP contribution in [-0.4, -0.2) is 6.61 Å². The molecule has 0 atom stereocenters. The largest absolute Gasteiger partial charge is 0.493 e. The maximum atomic E-state index is 5.95. The van der Waals surface area contributed by atoms with E-state index in [-0.39, 0.29) is 0 Å². The topological polar surface area (TPSA) is 35.2 Å². The van der Waals surface area contributed by atoms with Crippen molar-refractivity contribution in [1.29, 1.82) is 0 Å². The van der Waals surface area contributed by atoms with Gasteiger partial charge >= 0.3 is 0 Å². The maximum absolute atomic E-state index is 5.95. The summed E-state index contributed by atoms with van der Waals surface area (Å²) in [6.45, 7) is 1.30.